The van der Waals surface area contributed by atoms with Crippen molar-refractivity contribution in [3.8, 4) is 22.8 Å². The average molecular weight is 361 g/mol. The quantitative estimate of drug-likeness (QED) is 0.602. The zero-order valence-electron chi connectivity index (χ0n) is 15.1. The largest absolute Gasteiger partial charge is 0.454 e. The molecule has 0 saturated carbocycles. The van der Waals surface area contributed by atoms with Gasteiger partial charge in [-0.05, 0) is 36.2 Å². The standard InChI is InChI=1S/C20H19N5O2/c1-12(8-13-5-6-15-16(9-13)27-11-26-15)19-22-18-17(14-4-3-7-21-10-14)24-25(2)20(18)23-19/h3-7,9-10,12H,8,11H2,1-2H3,(H,22,23). The van der Waals surface area contributed by atoms with Crippen LogP contribution in [0.4, 0.5) is 0 Å². The fourth-order valence-electron chi connectivity index (χ4n) is 3.48. The van der Waals surface area contributed by atoms with Crippen LogP contribution in [0.3, 0.4) is 0 Å². The first-order valence-corrected chi connectivity index (χ1v) is 8.90. The minimum absolute atomic E-state index is 0.222. The predicted molar refractivity (Wildman–Crippen MR) is 101 cm³/mol. The van der Waals surface area contributed by atoms with Crippen LogP contribution in [-0.2, 0) is 13.5 Å². The number of aryl methyl sites for hydroxylation is 1. The van der Waals surface area contributed by atoms with Crippen LogP contribution in [-0.4, -0.2) is 31.5 Å². The molecule has 1 N–H and O–H groups in total. The topological polar surface area (TPSA) is 77.8 Å². The van der Waals surface area contributed by atoms with Crippen molar-refractivity contribution in [1.82, 2.24) is 24.7 Å². The van der Waals surface area contributed by atoms with Crippen LogP contribution in [0.15, 0.2) is 42.7 Å². The Morgan fingerprint density at radius 1 is 1.22 bits per heavy atom. The van der Waals surface area contributed by atoms with E-state index in [-0.39, 0.29) is 5.92 Å². The highest BCUT2D eigenvalue weighted by atomic mass is 16.7. The highest BCUT2D eigenvalue weighted by Crippen LogP contribution is 2.34. The van der Waals surface area contributed by atoms with Crippen molar-refractivity contribution in [2.75, 3.05) is 6.79 Å². The minimum Gasteiger partial charge on any atom is -0.454 e. The maximum absolute atomic E-state index is 5.48. The summed E-state index contributed by atoms with van der Waals surface area (Å²) < 4.78 is 12.7. The van der Waals surface area contributed by atoms with Gasteiger partial charge in [0.15, 0.2) is 17.1 Å². The molecule has 1 aliphatic rings. The van der Waals surface area contributed by atoms with Gasteiger partial charge in [0.1, 0.15) is 17.0 Å². The number of benzene rings is 1. The van der Waals surface area contributed by atoms with E-state index in [9.17, 15) is 0 Å². The van der Waals surface area contributed by atoms with Crippen LogP contribution < -0.4 is 9.47 Å². The summed E-state index contributed by atoms with van der Waals surface area (Å²) in [6.45, 7) is 2.46. The number of rotatable bonds is 4. The zero-order valence-corrected chi connectivity index (χ0v) is 15.1. The summed E-state index contributed by atoms with van der Waals surface area (Å²) >= 11 is 0. The predicted octanol–water partition coefficient (Wildman–Crippen LogP) is 3.43. The van der Waals surface area contributed by atoms with Gasteiger partial charge in [-0.2, -0.15) is 5.10 Å². The molecule has 0 radical (unpaired) electrons. The first kappa shape index (κ1) is 15.9. The number of hydrogen-bond acceptors (Lipinski definition) is 5. The zero-order chi connectivity index (χ0) is 18.4. The molecule has 1 aliphatic heterocycles. The van der Waals surface area contributed by atoms with Crippen molar-refractivity contribution < 1.29 is 9.47 Å². The van der Waals surface area contributed by atoms with Crippen molar-refractivity contribution in [1.29, 1.82) is 0 Å². The first-order valence-electron chi connectivity index (χ1n) is 8.90. The Morgan fingerprint density at radius 3 is 2.96 bits per heavy atom. The summed E-state index contributed by atoms with van der Waals surface area (Å²) in [6, 6.07) is 10.0. The molecule has 5 rings (SSSR count). The lowest BCUT2D eigenvalue weighted by Gasteiger charge is -2.09. The van der Waals surface area contributed by atoms with Crippen LogP contribution in [0.25, 0.3) is 22.4 Å². The number of nitrogens with one attached hydrogen (secondary N) is 1. The van der Waals surface area contributed by atoms with Crippen molar-refractivity contribution in [3.63, 3.8) is 0 Å². The van der Waals surface area contributed by atoms with Crippen molar-refractivity contribution in [2.45, 2.75) is 19.3 Å². The first-order chi connectivity index (χ1) is 13.2. The van der Waals surface area contributed by atoms with E-state index in [0.29, 0.717) is 6.79 Å². The number of pyridine rings is 1. The average Bonchev–Trinajstić information content (AvgIpc) is 3.38. The molecule has 7 heteroatoms. The van der Waals surface area contributed by atoms with Gasteiger partial charge in [-0.1, -0.05) is 13.0 Å². The van der Waals surface area contributed by atoms with Gasteiger partial charge >= 0.3 is 0 Å². The van der Waals surface area contributed by atoms with Crippen molar-refractivity contribution in [2.24, 2.45) is 7.05 Å². The molecule has 1 unspecified atom stereocenters. The summed E-state index contributed by atoms with van der Waals surface area (Å²) in [5.41, 5.74) is 4.83. The van der Waals surface area contributed by atoms with Crippen LogP contribution in [0.2, 0.25) is 0 Å². The second-order valence-corrected chi connectivity index (χ2v) is 6.83. The Kier molecular flexibility index (Phi) is 3.60. The lowest BCUT2D eigenvalue weighted by atomic mass is 10.0. The second kappa shape index (κ2) is 6.12. The van der Waals surface area contributed by atoms with Gasteiger partial charge in [0.25, 0.3) is 0 Å². The second-order valence-electron chi connectivity index (χ2n) is 6.83. The smallest absolute Gasteiger partial charge is 0.231 e. The molecule has 0 aliphatic carbocycles. The normalized spacial score (nSPS) is 14.0. The lowest BCUT2D eigenvalue weighted by Crippen LogP contribution is -2.02. The summed E-state index contributed by atoms with van der Waals surface area (Å²) in [6.07, 6.45) is 4.43. The number of aromatic amines is 1. The monoisotopic (exact) mass is 361 g/mol. The van der Waals surface area contributed by atoms with E-state index in [0.717, 1.165) is 46.2 Å². The Morgan fingerprint density at radius 2 is 2.11 bits per heavy atom. The number of hydrogen-bond donors (Lipinski definition) is 1. The van der Waals surface area contributed by atoms with Gasteiger partial charge in [0.05, 0.1) is 0 Å². The van der Waals surface area contributed by atoms with Crippen LogP contribution >= 0.6 is 0 Å². The number of imidazole rings is 1. The molecule has 136 valence electrons. The van der Waals surface area contributed by atoms with E-state index in [2.05, 4.69) is 28.1 Å². The molecule has 0 amide bonds. The molecule has 4 heterocycles. The van der Waals surface area contributed by atoms with E-state index < -0.39 is 0 Å². The molecular weight excluding hydrogens is 342 g/mol. The van der Waals surface area contributed by atoms with E-state index in [1.165, 1.54) is 5.56 Å². The fraction of sp³-hybridized carbons (Fsp3) is 0.250. The number of H-pyrrole nitrogens is 1. The molecule has 0 bridgehead atoms. The van der Waals surface area contributed by atoms with E-state index in [1.54, 1.807) is 6.20 Å². The SMILES string of the molecule is CC(Cc1ccc2c(c1)OCO2)c1nc2c([nH]1)c(-c1cccnc1)nn2C. The molecule has 1 aromatic carbocycles. The molecule has 3 aromatic heterocycles. The summed E-state index contributed by atoms with van der Waals surface area (Å²) in [5, 5.41) is 4.60. The maximum atomic E-state index is 5.48. The van der Waals surface area contributed by atoms with Gasteiger partial charge in [0, 0.05) is 30.9 Å². The van der Waals surface area contributed by atoms with Crippen LogP contribution in [0, 0.1) is 0 Å². The molecule has 7 nitrogen and oxygen atoms in total. The third-order valence-electron chi connectivity index (χ3n) is 4.88. The molecular formula is C20H19N5O2. The molecule has 0 fully saturated rings. The van der Waals surface area contributed by atoms with Gasteiger partial charge in [-0.25, -0.2) is 9.67 Å². The Labute approximate surface area is 156 Å². The van der Waals surface area contributed by atoms with Gasteiger partial charge in [0.2, 0.25) is 6.79 Å². The van der Waals surface area contributed by atoms with Gasteiger partial charge in [-0.3, -0.25) is 4.98 Å². The fourth-order valence-corrected chi connectivity index (χ4v) is 3.48. The van der Waals surface area contributed by atoms with Crippen molar-refractivity contribution >= 4 is 11.2 Å². The number of ether oxygens (including phenoxy) is 2. The third kappa shape index (κ3) is 2.71. The molecule has 0 saturated heterocycles. The molecule has 1 atom stereocenters. The summed E-state index contributed by atoms with van der Waals surface area (Å²) in [5.74, 6) is 2.79. The van der Waals surface area contributed by atoms with Gasteiger partial charge < -0.3 is 14.5 Å². The Hall–Kier alpha value is -3.35. The van der Waals surface area contributed by atoms with E-state index in [4.69, 9.17) is 14.5 Å². The van der Waals surface area contributed by atoms with Crippen LogP contribution in [0.5, 0.6) is 11.5 Å². The Balaban J connectivity index is 1.46. The number of fused-ring (bicyclic) bond motifs is 2. The maximum Gasteiger partial charge on any atom is 0.231 e. The molecule has 27 heavy (non-hydrogen) atoms. The molecule has 4 aromatic rings. The lowest BCUT2D eigenvalue weighted by molar-refractivity contribution is 0.174. The highest BCUT2D eigenvalue weighted by Gasteiger charge is 2.20. The van der Waals surface area contributed by atoms with Crippen LogP contribution in [0.1, 0.15) is 24.2 Å². The number of aromatic nitrogens is 5. The van der Waals surface area contributed by atoms with Gasteiger partial charge in [-0.15, -0.1) is 0 Å². The van der Waals surface area contributed by atoms with Crippen molar-refractivity contribution in [3.05, 3.63) is 54.1 Å². The third-order valence-corrected chi connectivity index (χ3v) is 4.88. The van der Waals surface area contributed by atoms with E-state index in [1.807, 2.05) is 42.2 Å². The van der Waals surface area contributed by atoms with E-state index >= 15 is 0 Å². The molecule has 0 spiro atoms. The Bertz CT molecular complexity index is 1120. The number of nitrogens with zero attached hydrogens (tertiary/aromatic N) is 4. The summed E-state index contributed by atoms with van der Waals surface area (Å²) in [7, 11) is 1.91. The highest BCUT2D eigenvalue weighted by molar-refractivity contribution is 5.88. The summed E-state index contributed by atoms with van der Waals surface area (Å²) in [4.78, 5) is 12.5. The minimum atomic E-state index is 0.222.